The number of hydrogen-bond donors (Lipinski definition) is 0. The molecule has 0 N–H and O–H groups in total. The van der Waals surface area contributed by atoms with E-state index >= 15 is 0 Å². The molecule has 89 heavy (non-hydrogen) atoms. The Morgan fingerprint density at radius 2 is 0.360 bits per heavy atom. The largest absolute Gasteiger partial charge is 0.310 e. The molecule has 3 aliphatic rings. The Morgan fingerprint density at radius 3 is 0.517 bits per heavy atom. The maximum Gasteiger partial charge on any atom is 0.0594 e. The van der Waals surface area contributed by atoms with E-state index in [0.29, 0.717) is 0 Å². The van der Waals surface area contributed by atoms with E-state index in [0.717, 1.165) is 102 Å². The molecule has 15 rings (SSSR count). The van der Waals surface area contributed by atoms with Crippen LogP contribution in [0.4, 0.5) is 102 Å². The number of aryl methyl sites for hydroxylation is 9. The Balaban J connectivity index is 1.15. The summed E-state index contributed by atoms with van der Waals surface area (Å²) < 4.78 is 0. The highest BCUT2D eigenvalue weighted by molar-refractivity contribution is 8.26. The van der Waals surface area contributed by atoms with E-state index in [1.54, 1.807) is 0 Å². The first-order valence-corrected chi connectivity index (χ1v) is 33.5. The normalized spacial score (nSPS) is 13.1. The van der Waals surface area contributed by atoms with Gasteiger partial charge in [-0.1, -0.05) is 171 Å². The van der Waals surface area contributed by atoms with Crippen LogP contribution in [0.5, 0.6) is 0 Å². The minimum Gasteiger partial charge on any atom is -0.310 e. The zero-order valence-electron chi connectivity index (χ0n) is 51.8. The molecule has 0 radical (unpaired) electrons. The molecule has 0 saturated heterocycles. The summed E-state index contributed by atoms with van der Waals surface area (Å²) in [4.78, 5) is 15.0. The molecule has 12 aromatic carbocycles. The molecule has 0 aliphatic carbocycles. The molecule has 3 aliphatic heterocycles. The van der Waals surface area contributed by atoms with Crippen molar-refractivity contribution in [3.8, 4) is 0 Å². The molecule has 0 bridgehead atoms. The molecule has 0 saturated carbocycles. The molecule has 0 atom stereocenters. The van der Waals surface area contributed by atoms with Gasteiger partial charge >= 0.3 is 0 Å². The number of hydrogen-bond acceptors (Lipinski definition) is 7. The van der Waals surface area contributed by atoms with E-state index in [4.69, 9.17) is 11.8 Å². The molecular weight excluding hydrogens is 1120 g/mol. The van der Waals surface area contributed by atoms with Gasteiger partial charge in [-0.05, 0) is 208 Å². The third-order valence-electron chi connectivity index (χ3n) is 18.0. The van der Waals surface area contributed by atoms with Gasteiger partial charge in [-0.3, -0.25) is 0 Å². The summed E-state index contributed by atoms with van der Waals surface area (Å²) in [6, 6.07) is 92.7. The molecule has 0 spiro atoms. The van der Waals surface area contributed by atoms with E-state index in [2.05, 4.69) is 347 Å². The van der Waals surface area contributed by atoms with Crippen LogP contribution in [0.3, 0.4) is 0 Å². The summed E-state index contributed by atoms with van der Waals surface area (Å²) in [7, 11) is 0. The Kier molecular flexibility index (Phi) is 13.6. The quantitative estimate of drug-likeness (QED) is 0.112. The van der Waals surface area contributed by atoms with E-state index in [9.17, 15) is 0 Å². The highest BCUT2D eigenvalue weighted by Crippen LogP contribution is 2.69. The molecule has 6 nitrogen and oxygen atoms in total. The zero-order chi connectivity index (χ0) is 61.0. The van der Waals surface area contributed by atoms with E-state index in [1.165, 1.54) is 66.0 Å². The van der Waals surface area contributed by atoms with Crippen LogP contribution in [-0.4, -0.2) is 0 Å². The molecule has 3 heterocycles. The van der Waals surface area contributed by atoms with Crippen LogP contribution in [0.15, 0.2) is 255 Å². The van der Waals surface area contributed by atoms with Gasteiger partial charge in [-0.25, -0.2) is 0 Å². The van der Waals surface area contributed by atoms with Gasteiger partial charge in [0.1, 0.15) is 0 Å². The molecule has 0 fully saturated rings. The molecule has 434 valence electrons. The van der Waals surface area contributed by atoms with Gasteiger partial charge in [-0.2, -0.15) is 0 Å². The molecule has 12 aromatic rings. The summed E-state index contributed by atoms with van der Waals surface area (Å²) in [6.45, 7) is 19.5. The highest BCUT2D eigenvalue weighted by Gasteiger charge is 2.53. The maximum atomic E-state index is 8.12. The van der Waals surface area contributed by atoms with Crippen LogP contribution in [0.2, 0.25) is 0 Å². The summed E-state index contributed by atoms with van der Waals surface area (Å²) in [5, 5.41) is 3.50. The van der Waals surface area contributed by atoms with Crippen molar-refractivity contribution in [2.24, 2.45) is 0 Å². The average Bonchev–Trinajstić information content (AvgIpc) is 0.659. The van der Waals surface area contributed by atoms with Crippen molar-refractivity contribution in [1.29, 1.82) is 0 Å². The molecular formula is C81H69N6PS. The summed E-state index contributed by atoms with van der Waals surface area (Å²) in [5.74, 6) is 0. The molecule has 8 heteroatoms. The van der Waals surface area contributed by atoms with Crippen molar-refractivity contribution in [3.63, 3.8) is 0 Å². The van der Waals surface area contributed by atoms with Gasteiger partial charge in [0, 0.05) is 67.1 Å². The molecule has 0 unspecified atom stereocenters. The number of rotatable bonds is 12. The van der Waals surface area contributed by atoms with Crippen LogP contribution < -0.4 is 45.3 Å². The van der Waals surface area contributed by atoms with Crippen molar-refractivity contribution in [2.75, 3.05) is 29.4 Å². The second-order valence-electron chi connectivity index (χ2n) is 24.6. The van der Waals surface area contributed by atoms with E-state index in [1.807, 2.05) is 0 Å². The predicted octanol–water partition coefficient (Wildman–Crippen LogP) is 22.0. The fourth-order valence-corrected chi connectivity index (χ4v) is 18.6. The summed E-state index contributed by atoms with van der Waals surface area (Å²) in [5.41, 5.74) is 29.7. The predicted molar refractivity (Wildman–Crippen MR) is 384 cm³/mol. The molecule has 0 amide bonds. The van der Waals surface area contributed by atoms with Gasteiger partial charge < -0.3 is 29.4 Å². The number of nitrogens with zero attached hydrogens (tertiary/aromatic N) is 6. The van der Waals surface area contributed by atoms with Crippen LogP contribution in [-0.2, 0) is 11.8 Å². The van der Waals surface area contributed by atoms with Crippen LogP contribution >= 0.6 is 6.04 Å². The average molecular weight is 1190 g/mol. The Labute approximate surface area is 529 Å². The number of benzene rings is 12. The second kappa shape index (κ2) is 21.7. The second-order valence-corrected chi connectivity index (χ2v) is 28.8. The lowest BCUT2D eigenvalue weighted by Gasteiger charge is -2.52. The topological polar surface area (TPSA) is 19.4 Å². The van der Waals surface area contributed by atoms with Gasteiger partial charge in [-0.15, -0.1) is 0 Å². The van der Waals surface area contributed by atoms with Crippen LogP contribution in [0.1, 0.15) is 50.1 Å². The van der Waals surface area contributed by atoms with Crippen LogP contribution in [0, 0.1) is 62.3 Å². The fourth-order valence-electron chi connectivity index (χ4n) is 13.3. The maximum absolute atomic E-state index is 8.12. The van der Waals surface area contributed by atoms with Gasteiger partial charge in [0.05, 0.1) is 57.2 Å². The number of anilines is 18. The lowest BCUT2D eigenvalue weighted by Crippen LogP contribution is -2.48. The first kappa shape index (κ1) is 55.7. The van der Waals surface area contributed by atoms with Gasteiger partial charge in [0.2, 0.25) is 0 Å². The van der Waals surface area contributed by atoms with Crippen molar-refractivity contribution in [2.45, 2.75) is 62.3 Å². The van der Waals surface area contributed by atoms with Crippen molar-refractivity contribution in [3.05, 3.63) is 305 Å². The first-order chi connectivity index (χ1) is 43.2. The van der Waals surface area contributed by atoms with Crippen molar-refractivity contribution < 1.29 is 0 Å². The third kappa shape index (κ3) is 9.51. The van der Waals surface area contributed by atoms with E-state index < -0.39 is 6.04 Å². The standard InChI is InChI=1S/C81H69N6PS/c1-52-10-28-61(29-11-52)82(62-30-12-53(2)13-31-62)70-46-73-79-74(47-70)86(68-42-24-59(8)25-43-68)76-49-72(84(65-36-18-56(5)19-37-65)66-38-20-57(6)21-39-66)51-78-81(76)88(79,89)80-75(85(73)67-40-22-58(7)23-41-67)48-71(50-77(80)87(78)69-44-26-60(9)27-45-69)83(63-32-14-54(3)15-33-63)64-34-16-55(4)17-35-64/h10-51H,1-9H3. The Morgan fingerprint density at radius 1 is 0.213 bits per heavy atom. The fraction of sp³-hybridized carbons (Fsp3) is 0.111. The lowest BCUT2D eigenvalue weighted by atomic mass is 10.0. The summed E-state index contributed by atoms with van der Waals surface area (Å²) in [6.07, 6.45) is 0. The Hall–Kier alpha value is -9.91. The minimum absolute atomic E-state index is 1.02. The smallest absolute Gasteiger partial charge is 0.0594 e. The lowest BCUT2D eigenvalue weighted by molar-refractivity contribution is 1.19. The van der Waals surface area contributed by atoms with Gasteiger partial charge in [0.25, 0.3) is 0 Å². The van der Waals surface area contributed by atoms with Gasteiger partial charge in [0.15, 0.2) is 0 Å². The monoisotopic (exact) mass is 1190 g/mol. The van der Waals surface area contributed by atoms with Crippen molar-refractivity contribution >= 4 is 136 Å². The third-order valence-corrected chi connectivity index (χ3v) is 22.9. The SMILES string of the molecule is Cc1ccc(N(c2ccc(C)cc2)c2cc3c4c(c2)N(c2ccc(C)cc2)c2cc(N(c5ccc(C)cc5)c5ccc(C)cc5)cc5c2P4(=S)c2c(cc(N(c4ccc(C)cc4)c4ccc(C)cc4)cc2N5c2ccc(C)cc2)N3c2ccc(C)cc2)cc1. The summed E-state index contributed by atoms with van der Waals surface area (Å²) >= 11 is 8.12. The van der Waals surface area contributed by atoms with Crippen LogP contribution in [0.25, 0.3) is 0 Å². The first-order valence-electron chi connectivity index (χ1n) is 30.7. The van der Waals surface area contributed by atoms with Crippen molar-refractivity contribution in [1.82, 2.24) is 0 Å². The minimum atomic E-state index is -3.15. The molecule has 0 aromatic heterocycles. The van der Waals surface area contributed by atoms with E-state index in [-0.39, 0.29) is 0 Å². The highest BCUT2D eigenvalue weighted by atomic mass is 32.4. The Bertz CT molecular complexity index is 4060. The zero-order valence-corrected chi connectivity index (χ0v) is 53.5.